The second-order valence-corrected chi connectivity index (χ2v) is 4.67. The Morgan fingerprint density at radius 3 is 2.73 bits per heavy atom. The van der Waals surface area contributed by atoms with Crippen molar-refractivity contribution in [2.45, 2.75) is 39.5 Å². The van der Waals surface area contributed by atoms with Gasteiger partial charge in [-0.3, -0.25) is 0 Å². The number of hydrogen-bond donors (Lipinski definition) is 0. The standard InChI is InChI=1S/C14H16O/c1-9-7-10(2)14-12(8-9)11-5-3-4-6-13(11)15-14/h7-8H,3-6H2,1-2H3. The highest BCUT2D eigenvalue weighted by Gasteiger charge is 2.18. The average molecular weight is 200 g/mol. The lowest BCUT2D eigenvalue weighted by Crippen LogP contribution is -1.98. The van der Waals surface area contributed by atoms with Crippen molar-refractivity contribution >= 4 is 11.0 Å². The van der Waals surface area contributed by atoms with Crippen molar-refractivity contribution < 1.29 is 4.42 Å². The monoisotopic (exact) mass is 200 g/mol. The number of hydrogen-bond acceptors (Lipinski definition) is 1. The molecule has 0 radical (unpaired) electrons. The Labute approximate surface area is 90.1 Å². The van der Waals surface area contributed by atoms with Crippen LogP contribution in [0.1, 0.15) is 35.3 Å². The van der Waals surface area contributed by atoms with Crippen molar-refractivity contribution in [1.82, 2.24) is 0 Å². The molecule has 3 rings (SSSR count). The predicted molar refractivity (Wildman–Crippen MR) is 62.3 cm³/mol. The van der Waals surface area contributed by atoms with E-state index in [-0.39, 0.29) is 0 Å². The largest absolute Gasteiger partial charge is 0.461 e. The number of benzene rings is 1. The smallest absolute Gasteiger partial charge is 0.137 e. The Balaban J connectivity index is 2.37. The van der Waals surface area contributed by atoms with Gasteiger partial charge in [-0.15, -0.1) is 0 Å². The molecule has 0 spiro atoms. The maximum absolute atomic E-state index is 5.98. The maximum Gasteiger partial charge on any atom is 0.137 e. The van der Waals surface area contributed by atoms with Gasteiger partial charge in [-0.05, 0) is 50.3 Å². The van der Waals surface area contributed by atoms with Gasteiger partial charge >= 0.3 is 0 Å². The number of aryl methyl sites for hydroxylation is 4. The third-order valence-corrected chi connectivity index (χ3v) is 3.39. The quantitative estimate of drug-likeness (QED) is 0.628. The van der Waals surface area contributed by atoms with Crippen LogP contribution in [0.2, 0.25) is 0 Å². The Bertz CT molecular complexity index is 520. The van der Waals surface area contributed by atoms with Crippen LogP contribution < -0.4 is 0 Å². The molecule has 1 aliphatic rings. The molecule has 0 amide bonds. The second-order valence-electron chi connectivity index (χ2n) is 4.67. The zero-order chi connectivity index (χ0) is 10.4. The van der Waals surface area contributed by atoms with Crippen molar-refractivity contribution in [3.8, 4) is 0 Å². The van der Waals surface area contributed by atoms with Crippen LogP contribution in [0.15, 0.2) is 16.5 Å². The summed E-state index contributed by atoms with van der Waals surface area (Å²) in [5, 5.41) is 1.36. The van der Waals surface area contributed by atoms with Crippen molar-refractivity contribution in [2.75, 3.05) is 0 Å². The van der Waals surface area contributed by atoms with Crippen molar-refractivity contribution in [1.29, 1.82) is 0 Å². The molecular formula is C14H16O. The summed E-state index contributed by atoms with van der Waals surface area (Å²) in [4.78, 5) is 0. The Kier molecular flexibility index (Phi) is 1.88. The fourth-order valence-electron chi connectivity index (χ4n) is 2.71. The molecule has 0 bridgehead atoms. The molecule has 0 fully saturated rings. The summed E-state index contributed by atoms with van der Waals surface area (Å²) in [6.07, 6.45) is 4.92. The highest BCUT2D eigenvalue weighted by Crippen LogP contribution is 2.34. The van der Waals surface area contributed by atoms with E-state index in [9.17, 15) is 0 Å². The summed E-state index contributed by atoms with van der Waals surface area (Å²) in [5.74, 6) is 1.24. The van der Waals surface area contributed by atoms with Gasteiger partial charge in [0, 0.05) is 17.4 Å². The van der Waals surface area contributed by atoms with E-state index in [2.05, 4.69) is 26.0 Å². The molecule has 0 atom stereocenters. The molecule has 78 valence electrons. The third-order valence-electron chi connectivity index (χ3n) is 3.39. The predicted octanol–water partition coefficient (Wildman–Crippen LogP) is 3.93. The van der Waals surface area contributed by atoms with Crippen LogP contribution >= 0.6 is 0 Å². The summed E-state index contributed by atoms with van der Waals surface area (Å²) in [6, 6.07) is 4.48. The van der Waals surface area contributed by atoms with Crippen molar-refractivity contribution in [3.05, 3.63) is 34.6 Å². The van der Waals surface area contributed by atoms with Crippen LogP contribution in [0.5, 0.6) is 0 Å². The zero-order valence-corrected chi connectivity index (χ0v) is 9.39. The number of fused-ring (bicyclic) bond motifs is 3. The SMILES string of the molecule is Cc1cc(C)c2oc3c(c2c1)CCCC3. The summed E-state index contributed by atoms with van der Waals surface area (Å²) in [7, 11) is 0. The lowest BCUT2D eigenvalue weighted by molar-refractivity contribution is 0.505. The van der Waals surface area contributed by atoms with Gasteiger partial charge < -0.3 is 4.42 Å². The van der Waals surface area contributed by atoms with Gasteiger partial charge in [0.2, 0.25) is 0 Å². The molecule has 15 heavy (non-hydrogen) atoms. The second kappa shape index (κ2) is 3.13. The van der Waals surface area contributed by atoms with E-state index in [1.54, 1.807) is 0 Å². The first-order valence-corrected chi connectivity index (χ1v) is 5.77. The van der Waals surface area contributed by atoms with Gasteiger partial charge in [-0.1, -0.05) is 6.07 Å². The molecule has 0 saturated heterocycles. The minimum atomic E-state index is 1.12. The number of furan rings is 1. The molecule has 1 aromatic heterocycles. The van der Waals surface area contributed by atoms with Crippen LogP contribution in [0.4, 0.5) is 0 Å². The van der Waals surface area contributed by atoms with Crippen LogP contribution in [0.25, 0.3) is 11.0 Å². The third kappa shape index (κ3) is 1.30. The van der Waals surface area contributed by atoms with E-state index in [0.717, 1.165) is 12.0 Å². The molecule has 1 heteroatoms. The molecule has 0 saturated carbocycles. The summed E-state index contributed by atoms with van der Waals surface area (Å²) >= 11 is 0. The summed E-state index contributed by atoms with van der Waals surface area (Å²) in [6.45, 7) is 4.30. The van der Waals surface area contributed by atoms with E-state index in [4.69, 9.17) is 4.42 Å². The molecule has 1 heterocycles. The maximum atomic E-state index is 5.98. The van der Waals surface area contributed by atoms with Gasteiger partial charge in [0.05, 0.1) is 0 Å². The van der Waals surface area contributed by atoms with E-state index < -0.39 is 0 Å². The van der Waals surface area contributed by atoms with E-state index in [0.29, 0.717) is 0 Å². The Morgan fingerprint density at radius 1 is 1.07 bits per heavy atom. The van der Waals surface area contributed by atoms with Crippen LogP contribution in [-0.4, -0.2) is 0 Å². The van der Waals surface area contributed by atoms with E-state index in [1.807, 2.05) is 0 Å². The summed E-state index contributed by atoms with van der Waals surface area (Å²) < 4.78 is 5.98. The Morgan fingerprint density at radius 2 is 1.87 bits per heavy atom. The van der Waals surface area contributed by atoms with E-state index in [1.165, 1.54) is 47.1 Å². The van der Waals surface area contributed by atoms with Crippen LogP contribution in [0.3, 0.4) is 0 Å². The van der Waals surface area contributed by atoms with Gasteiger partial charge in [-0.25, -0.2) is 0 Å². The first kappa shape index (κ1) is 9.02. The lowest BCUT2D eigenvalue weighted by Gasteiger charge is -2.08. The molecule has 1 aromatic carbocycles. The molecule has 2 aromatic rings. The molecule has 0 unspecified atom stereocenters. The average Bonchev–Trinajstić information content (AvgIpc) is 2.57. The first-order chi connectivity index (χ1) is 7.25. The van der Waals surface area contributed by atoms with Gasteiger partial charge in [0.1, 0.15) is 11.3 Å². The normalized spacial score (nSPS) is 15.6. The van der Waals surface area contributed by atoms with Crippen LogP contribution in [-0.2, 0) is 12.8 Å². The van der Waals surface area contributed by atoms with Crippen molar-refractivity contribution in [3.63, 3.8) is 0 Å². The number of rotatable bonds is 0. The molecule has 1 nitrogen and oxygen atoms in total. The molecule has 0 N–H and O–H groups in total. The topological polar surface area (TPSA) is 13.1 Å². The summed E-state index contributed by atoms with van der Waals surface area (Å²) in [5.41, 5.74) is 5.21. The zero-order valence-electron chi connectivity index (χ0n) is 9.39. The first-order valence-electron chi connectivity index (χ1n) is 5.77. The minimum Gasteiger partial charge on any atom is -0.461 e. The molecule has 0 aliphatic heterocycles. The van der Waals surface area contributed by atoms with Crippen molar-refractivity contribution in [2.24, 2.45) is 0 Å². The van der Waals surface area contributed by atoms with Gasteiger partial charge in [-0.2, -0.15) is 0 Å². The fourth-order valence-corrected chi connectivity index (χ4v) is 2.71. The lowest BCUT2D eigenvalue weighted by atomic mass is 9.95. The molecule has 1 aliphatic carbocycles. The highest BCUT2D eigenvalue weighted by atomic mass is 16.3. The Hall–Kier alpha value is -1.24. The molecular weight excluding hydrogens is 184 g/mol. The van der Waals surface area contributed by atoms with Crippen LogP contribution in [0, 0.1) is 13.8 Å². The fraction of sp³-hybridized carbons (Fsp3) is 0.429. The van der Waals surface area contributed by atoms with Gasteiger partial charge in [0.25, 0.3) is 0 Å². The van der Waals surface area contributed by atoms with E-state index >= 15 is 0 Å². The van der Waals surface area contributed by atoms with Gasteiger partial charge in [0.15, 0.2) is 0 Å². The minimum absolute atomic E-state index is 1.12. The highest BCUT2D eigenvalue weighted by molar-refractivity contribution is 5.85.